The van der Waals surface area contributed by atoms with Crippen LogP contribution in [-0.4, -0.2) is 11.1 Å². The van der Waals surface area contributed by atoms with Crippen LogP contribution in [0.1, 0.15) is 12.0 Å². The van der Waals surface area contributed by atoms with Crippen LogP contribution in [0.2, 0.25) is 0 Å². The van der Waals surface area contributed by atoms with E-state index < -0.39 is 5.97 Å². The van der Waals surface area contributed by atoms with Gasteiger partial charge in [0.05, 0.1) is 0 Å². The van der Waals surface area contributed by atoms with E-state index in [2.05, 4.69) is 17.2 Å². The number of para-hydroxylation sites is 1. The van der Waals surface area contributed by atoms with Crippen LogP contribution in [0.15, 0.2) is 54.6 Å². The number of carboxylic acid groups (broad SMARTS) is 1. The fourth-order valence-electron chi connectivity index (χ4n) is 1.55. The van der Waals surface area contributed by atoms with Crippen molar-refractivity contribution in [1.82, 2.24) is 0 Å². The van der Waals surface area contributed by atoms with Crippen molar-refractivity contribution < 1.29 is 9.90 Å². The Bertz CT molecular complexity index is 607. The summed E-state index contributed by atoms with van der Waals surface area (Å²) >= 11 is 0. The Morgan fingerprint density at radius 1 is 1.00 bits per heavy atom. The van der Waals surface area contributed by atoms with E-state index in [0.717, 1.165) is 16.9 Å². The Morgan fingerprint density at radius 2 is 1.63 bits per heavy atom. The van der Waals surface area contributed by atoms with Crippen molar-refractivity contribution in [3.8, 4) is 11.8 Å². The molecule has 0 aliphatic heterocycles. The number of nitrogens with one attached hydrogen (secondary N) is 1. The van der Waals surface area contributed by atoms with Gasteiger partial charge in [0.25, 0.3) is 0 Å². The lowest BCUT2D eigenvalue weighted by molar-refractivity contribution is -0.135. The molecule has 0 fully saturated rings. The summed E-state index contributed by atoms with van der Waals surface area (Å²) in [6.45, 7) is 0. The minimum Gasteiger partial charge on any atom is -0.481 e. The molecular formula is C16H13NO2. The molecule has 0 bridgehead atoms. The molecule has 0 radical (unpaired) electrons. The fourth-order valence-corrected chi connectivity index (χ4v) is 1.55. The van der Waals surface area contributed by atoms with E-state index in [0.29, 0.717) is 0 Å². The molecule has 0 aliphatic carbocycles. The molecule has 3 heteroatoms. The van der Waals surface area contributed by atoms with Crippen LogP contribution in [0, 0.1) is 11.8 Å². The monoisotopic (exact) mass is 251 g/mol. The van der Waals surface area contributed by atoms with Gasteiger partial charge in [0, 0.05) is 16.9 Å². The van der Waals surface area contributed by atoms with Gasteiger partial charge in [0.1, 0.15) is 6.42 Å². The zero-order valence-electron chi connectivity index (χ0n) is 10.3. The van der Waals surface area contributed by atoms with Gasteiger partial charge in [-0.15, -0.1) is 0 Å². The number of rotatable bonds is 3. The number of carboxylic acids is 1. The maximum absolute atomic E-state index is 10.3. The van der Waals surface area contributed by atoms with Crippen molar-refractivity contribution in [2.45, 2.75) is 6.42 Å². The predicted octanol–water partition coefficient (Wildman–Crippen LogP) is 3.26. The average Bonchev–Trinajstić information content (AvgIpc) is 2.42. The standard InChI is InChI=1S/C16H13NO2/c18-16(19)8-4-5-13-9-11-15(12-10-13)17-14-6-2-1-3-7-14/h1-3,6-7,9-12,17H,8H2,(H,18,19). The molecule has 0 aromatic heterocycles. The Balaban J connectivity index is 2.02. The Kier molecular flexibility index (Phi) is 4.20. The Hall–Kier alpha value is -2.73. The zero-order valence-corrected chi connectivity index (χ0v) is 10.3. The fraction of sp³-hybridized carbons (Fsp3) is 0.0625. The van der Waals surface area contributed by atoms with Crippen molar-refractivity contribution in [2.75, 3.05) is 5.32 Å². The van der Waals surface area contributed by atoms with E-state index in [9.17, 15) is 4.79 Å². The van der Waals surface area contributed by atoms with Gasteiger partial charge in [-0.05, 0) is 36.4 Å². The lowest BCUT2D eigenvalue weighted by atomic mass is 10.2. The molecule has 94 valence electrons. The molecule has 0 unspecified atom stereocenters. The maximum atomic E-state index is 10.3. The smallest absolute Gasteiger partial charge is 0.315 e. The molecule has 0 aliphatic rings. The second kappa shape index (κ2) is 6.27. The highest BCUT2D eigenvalue weighted by Crippen LogP contribution is 2.16. The predicted molar refractivity (Wildman–Crippen MR) is 75.3 cm³/mol. The van der Waals surface area contributed by atoms with Crippen molar-refractivity contribution in [3.63, 3.8) is 0 Å². The number of anilines is 2. The van der Waals surface area contributed by atoms with Crippen LogP contribution in [-0.2, 0) is 4.79 Å². The summed E-state index contributed by atoms with van der Waals surface area (Å²) in [4.78, 5) is 10.3. The first-order valence-electron chi connectivity index (χ1n) is 5.87. The van der Waals surface area contributed by atoms with E-state index in [-0.39, 0.29) is 6.42 Å². The number of carbonyl (C=O) groups is 1. The number of hydrogen-bond donors (Lipinski definition) is 2. The topological polar surface area (TPSA) is 49.3 Å². The van der Waals surface area contributed by atoms with Gasteiger partial charge in [-0.1, -0.05) is 30.0 Å². The number of aliphatic carboxylic acids is 1. The van der Waals surface area contributed by atoms with Gasteiger partial charge in [0.2, 0.25) is 0 Å². The number of hydrogen-bond acceptors (Lipinski definition) is 2. The summed E-state index contributed by atoms with van der Waals surface area (Å²) in [5.41, 5.74) is 2.79. The summed E-state index contributed by atoms with van der Waals surface area (Å²) in [5, 5.41) is 11.8. The number of benzene rings is 2. The highest BCUT2D eigenvalue weighted by molar-refractivity contribution is 5.70. The maximum Gasteiger partial charge on any atom is 0.315 e. The van der Waals surface area contributed by atoms with Gasteiger partial charge in [-0.2, -0.15) is 0 Å². The van der Waals surface area contributed by atoms with Gasteiger partial charge in [-0.3, -0.25) is 4.79 Å². The van der Waals surface area contributed by atoms with Gasteiger partial charge >= 0.3 is 5.97 Å². The molecule has 0 spiro atoms. The highest BCUT2D eigenvalue weighted by Gasteiger charge is 1.94. The van der Waals surface area contributed by atoms with Crippen LogP contribution in [0.25, 0.3) is 0 Å². The second-order valence-electron chi connectivity index (χ2n) is 3.94. The summed E-state index contributed by atoms with van der Waals surface area (Å²) in [5.74, 6) is 4.50. The first kappa shape index (κ1) is 12.7. The van der Waals surface area contributed by atoms with Crippen molar-refractivity contribution >= 4 is 17.3 Å². The molecule has 2 aromatic rings. The zero-order chi connectivity index (χ0) is 13.5. The summed E-state index contributed by atoms with van der Waals surface area (Å²) in [6.07, 6.45) is -0.135. The minimum absolute atomic E-state index is 0.135. The average molecular weight is 251 g/mol. The Labute approximate surface area is 111 Å². The van der Waals surface area contributed by atoms with E-state index in [4.69, 9.17) is 5.11 Å². The molecule has 0 atom stereocenters. The van der Waals surface area contributed by atoms with Crippen molar-refractivity contribution in [1.29, 1.82) is 0 Å². The molecule has 3 nitrogen and oxygen atoms in total. The molecule has 2 rings (SSSR count). The van der Waals surface area contributed by atoms with Crippen LogP contribution >= 0.6 is 0 Å². The van der Waals surface area contributed by atoms with Crippen LogP contribution in [0.5, 0.6) is 0 Å². The van der Waals surface area contributed by atoms with Crippen molar-refractivity contribution in [3.05, 3.63) is 60.2 Å². The quantitative estimate of drug-likeness (QED) is 0.823. The highest BCUT2D eigenvalue weighted by atomic mass is 16.4. The molecule has 19 heavy (non-hydrogen) atoms. The molecule has 2 N–H and O–H groups in total. The molecule has 0 saturated carbocycles. The Morgan fingerprint density at radius 3 is 2.26 bits per heavy atom. The lowest BCUT2D eigenvalue weighted by Crippen LogP contribution is -1.91. The summed E-state index contributed by atoms with van der Waals surface area (Å²) in [6, 6.07) is 17.4. The SMILES string of the molecule is O=C(O)CC#Cc1ccc(Nc2ccccc2)cc1. The van der Waals surface area contributed by atoms with E-state index in [1.54, 1.807) is 0 Å². The van der Waals surface area contributed by atoms with E-state index >= 15 is 0 Å². The van der Waals surface area contributed by atoms with Gasteiger partial charge < -0.3 is 10.4 Å². The molecular weight excluding hydrogens is 238 g/mol. The molecule has 0 heterocycles. The van der Waals surface area contributed by atoms with Crippen LogP contribution in [0.4, 0.5) is 11.4 Å². The lowest BCUT2D eigenvalue weighted by Gasteiger charge is -2.05. The summed E-state index contributed by atoms with van der Waals surface area (Å²) in [7, 11) is 0. The third kappa shape index (κ3) is 4.21. The molecule has 0 amide bonds. The summed E-state index contributed by atoms with van der Waals surface area (Å²) < 4.78 is 0. The largest absolute Gasteiger partial charge is 0.481 e. The third-order valence-electron chi connectivity index (χ3n) is 2.42. The molecule has 2 aromatic carbocycles. The third-order valence-corrected chi connectivity index (χ3v) is 2.42. The second-order valence-corrected chi connectivity index (χ2v) is 3.94. The first-order chi connectivity index (χ1) is 9.24. The van der Waals surface area contributed by atoms with Gasteiger partial charge in [0.15, 0.2) is 0 Å². The molecule has 0 saturated heterocycles. The van der Waals surface area contributed by atoms with Gasteiger partial charge in [-0.25, -0.2) is 0 Å². The van der Waals surface area contributed by atoms with E-state index in [1.165, 1.54) is 0 Å². The van der Waals surface area contributed by atoms with Crippen LogP contribution in [0.3, 0.4) is 0 Å². The first-order valence-corrected chi connectivity index (χ1v) is 5.87. The van der Waals surface area contributed by atoms with Crippen LogP contribution < -0.4 is 5.32 Å². The minimum atomic E-state index is -0.908. The van der Waals surface area contributed by atoms with Crippen molar-refractivity contribution in [2.24, 2.45) is 0 Å². The van der Waals surface area contributed by atoms with E-state index in [1.807, 2.05) is 54.6 Å². The normalized spacial score (nSPS) is 9.26.